The zero-order chi connectivity index (χ0) is 10.7. The molecule has 2 rings (SSSR count). The van der Waals surface area contributed by atoms with Gasteiger partial charge in [0.15, 0.2) is 0 Å². The van der Waals surface area contributed by atoms with Gasteiger partial charge in [-0.3, -0.25) is 0 Å². The van der Waals surface area contributed by atoms with Crippen LogP contribution in [-0.4, -0.2) is 24.0 Å². The Morgan fingerprint density at radius 1 is 1.20 bits per heavy atom. The van der Waals surface area contributed by atoms with Gasteiger partial charge in [-0.25, -0.2) is 4.68 Å². The molecule has 0 bridgehead atoms. The third kappa shape index (κ3) is 1.79. The third-order valence-corrected chi connectivity index (χ3v) is 2.14. The minimum atomic E-state index is 0.734. The van der Waals surface area contributed by atoms with Gasteiger partial charge < -0.3 is 9.47 Å². The quantitative estimate of drug-likeness (QED) is 0.766. The SMILES string of the molecule is COc1ccc(-n2cccn2)c(OC)c1. The lowest BCUT2D eigenvalue weighted by Crippen LogP contribution is -1.98. The summed E-state index contributed by atoms with van der Waals surface area (Å²) in [7, 11) is 3.25. The first-order valence-corrected chi connectivity index (χ1v) is 4.57. The van der Waals surface area contributed by atoms with E-state index in [9.17, 15) is 0 Å². The summed E-state index contributed by atoms with van der Waals surface area (Å²) in [5.41, 5.74) is 0.892. The van der Waals surface area contributed by atoms with Crippen LogP contribution in [-0.2, 0) is 0 Å². The molecule has 0 unspecified atom stereocenters. The average Bonchev–Trinajstić information content (AvgIpc) is 2.81. The molecule has 1 aromatic heterocycles. The number of benzene rings is 1. The summed E-state index contributed by atoms with van der Waals surface area (Å²) in [5.74, 6) is 1.50. The van der Waals surface area contributed by atoms with E-state index in [0.717, 1.165) is 17.2 Å². The number of nitrogens with zero attached hydrogens (tertiary/aromatic N) is 2. The van der Waals surface area contributed by atoms with Crippen LogP contribution < -0.4 is 9.47 Å². The number of hydrogen-bond donors (Lipinski definition) is 0. The minimum absolute atomic E-state index is 0.734. The van der Waals surface area contributed by atoms with Crippen molar-refractivity contribution in [1.82, 2.24) is 9.78 Å². The first-order valence-electron chi connectivity index (χ1n) is 4.57. The van der Waals surface area contributed by atoms with Crippen LogP contribution in [0.15, 0.2) is 36.7 Å². The molecular formula is C11H12N2O2. The molecule has 0 aliphatic rings. The summed E-state index contributed by atoms with van der Waals surface area (Å²) in [5, 5.41) is 4.15. The number of aromatic nitrogens is 2. The highest BCUT2D eigenvalue weighted by Crippen LogP contribution is 2.26. The van der Waals surface area contributed by atoms with Crippen LogP contribution >= 0.6 is 0 Å². The molecule has 0 N–H and O–H groups in total. The fraction of sp³-hybridized carbons (Fsp3) is 0.182. The van der Waals surface area contributed by atoms with Gasteiger partial charge in [0.2, 0.25) is 0 Å². The summed E-state index contributed by atoms with van der Waals surface area (Å²) < 4.78 is 12.1. The monoisotopic (exact) mass is 204 g/mol. The molecule has 0 aliphatic heterocycles. The van der Waals surface area contributed by atoms with Crippen molar-refractivity contribution >= 4 is 0 Å². The Kier molecular flexibility index (Phi) is 2.58. The Balaban J connectivity index is 2.48. The predicted octanol–water partition coefficient (Wildman–Crippen LogP) is 1.89. The van der Waals surface area contributed by atoms with Crippen molar-refractivity contribution in [1.29, 1.82) is 0 Å². The fourth-order valence-corrected chi connectivity index (χ4v) is 1.39. The Labute approximate surface area is 88.1 Å². The molecule has 15 heavy (non-hydrogen) atoms. The smallest absolute Gasteiger partial charge is 0.148 e. The van der Waals surface area contributed by atoms with Gasteiger partial charge in [0.25, 0.3) is 0 Å². The summed E-state index contributed by atoms with van der Waals surface area (Å²) in [6.45, 7) is 0. The van der Waals surface area contributed by atoms with Crippen LogP contribution in [0, 0.1) is 0 Å². The van der Waals surface area contributed by atoms with Crippen molar-refractivity contribution in [3.05, 3.63) is 36.7 Å². The average molecular weight is 204 g/mol. The molecule has 0 fully saturated rings. The van der Waals surface area contributed by atoms with Crippen LogP contribution in [0.5, 0.6) is 11.5 Å². The molecule has 78 valence electrons. The van der Waals surface area contributed by atoms with Crippen molar-refractivity contribution in [3.63, 3.8) is 0 Å². The molecule has 0 spiro atoms. The molecule has 4 nitrogen and oxygen atoms in total. The van der Waals surface area contributed by atoms with Gasteiger partial charge in [-0.15, -0.1) is 0 Å². The van der Waals surface area contributed by atoms with Crippen molar-refractivity contribution in [2.24, 2.45) is 0 Å². The zero-order valence-electron chi connectivity index (χ0n) is 8.68. The number of hydrogen-bond acceptors (Lipinski definition) is 3. The highest BCUT2D eigenvalue weighted by atomic mass is 16.5. The molecule has 0 atom stereocenters. The van der Waals surface area contributed by atoms with E-state index in [-0.39, 0.29) is 0 Å². The molecule has 0 amide bonds. The lowest BCUT2D eigenvalue weighted by molar-refractivity contribution is 0.392. The zero-order valence-corrected chi connectivity index (χ0v) is 8.68. The van der Waals surface area contributed by atoms with E-state index in [1.807, 2.05) is 30.5 Å². The maximum absolute atomic E-state index is 5.27. The van der Waals surface area contributed by atoms with E-state index in [0.29, 0.717) is 0 Å². The summed E-state index contributed by atoms with van der Waals surface area (Å²) in [6, 6.07) is 7.48. The lowest BCUT2D eigenvalue weighted by atomic mass is 10.3. The highest BCUT2D eigenvalue weighted by molar-refractivity contribution is 5.50. The third-order valence-electron chi connectivity index (χ3n) is 2.14. The molecule has 4 heteroatoms. The maximum Gasteiger partial charge on any atom is 0.148 e. The van der Waals surface area contributed by atoms with Crippen LogP contribution in [0.3, 0.4) is 0 Å². The summed E-state index contributed by atoms with van der Waals surface area (Å²) >= 11 is 0. The maximum atomic E-state index is 5.27. The first-order chi connectivity index (χ1) is 7.35. The molecule has 0 saturated carbocycles. The second kappa shape index (κ2) is 4.04. The largest absolute Gasteiger partial charge is 0.497 e. The van der Waals surface area contributed by atoms with Crippen LogP contribution in [0.4, 0.5) is 0 Å². The molecule has 2 aromatic rings. The van der Waals surface area contributed by atoms with Gasteiger partial charge in [0.1, 0.15) is 17.2 Å². The van der Waals surface area contributed by atoms with Gasteiger partial charge in [0.05, 0.1) is 14.2 Å². The predicted molar refractivity (Wildman–Crippen MR) is 56.7 cm³/mol. The minimum Gasteiger partial charge on any atom is -0.497 e. The van der Waals surface area contributed by atoms with E-state index in [2.05, 4.69) is 5.10 Å². The van der Waals surface area contributed by atoms with E-state index in [1.165, 1.54) is 0 Å². The molecule has 1 heterocycles. The van der Waals surface area contributed by atoms with Crippen LogP contribution in [0.25, 0.3) is 5.69 Å². The van der Waals surface area contributed by atoms with Crippen molar-refractivity contribution < 1.29 is 9.47 Å². The van der Waals surface area contributed by atoms with Gasteiger partial charge in [-0.1, -0.05) is 0 Å². The Hall–Kier alpha value is -1.97. The normalized spacial score (nSPS) is 10.0. The Bertz CT molecular complexity index is 438. The van der Waals surface area contributed by atoms with E-state index in [1.54, 1.807) is 25.1 Å². The van der Waals surface area contributed by atoms with Gasteiger partial charge in [-0.2, -0.15) is 5.10 Å². The summed E-state index contributed by atoms with van der Waals surface area (Å²) in [6.07, 6.45) is 3.59. The van der Waals surface area contributed by atoms with Crippen molar-refractivity contribution in [3.8, 4) is 17.2 Å². The standard InChI is InChI=1S/C11H12N2O2/c1-14-9-4-5-10(11(8-9)15-2)13-7-3-6-12-13/h3-8H,1-2H3. The first kappa shape index (κ1) is 9.58. The second-order valence-corrected chi connectivity index (χ2v) is 2.99. The van der Waals surface area contributed by atoms with Crippen LogP contribution in [0.1, 0.15) is 0 Å². The Morgan fingerprint density at radius 2 is 2.07 bits per heavy atom. The second-order valence-electron chi connectivity index (χ2n) is 2.99. The molecule has 0 saturated heterocycles. The number of methoxy groups -OCH3 is 2. The molecule has 0 aliphatic carbocycles. The fourth-order valence-electron chi connectivity index (χ4n) is 1.39. The van der Waals surface area contributed by atoms with Crippen molar-refractivity contribution in [2.45, 2.75) is 0 Å². The van der Waals surface area contributed by atoms with E-state index < -0.39 is 0 Å². The number of rotatable bonds is 3. The number of ether oxygens (including phenoxy) is 2. The lowest BCUT2D eigenvalue weighted by Gasteiger charge is -2.09. The van der Waals surface area contributed by atoms with Crippen LogP contribution in [0.2, 0.25) is 0 Å². The van der Waals surface area contributed by atoms with Gasteiger partial charge >= 0.3 is 0 Å². The van der Waals surface area contributed by atoms with Crippen molar-refractivity contribution in [2.75, 3.05) is 14.2 Å². The van der Waals surface area contributed by atoms with E-state index >= 15 is 0 Å². The van der Waals surface area contributed by atoms with E-state index in [4.69, 9.17) is 9.47 Å². The summed E-state index contributed by atoms with van der Waals surface area (Å²) in [4.78, 5) is 0. The topological polar surface area (TPSA) is 36.3 Å². The van der Waals surface area contributed by atoms with Gasteiger partial charge in [-0.05, 0) is 18.2 Å². The molecule has 1 aromatic carbocycles. The highest BCUT2D eigenvalue weighted by Gasteiger charge is 2.06. The Morgan fingerprint density at radius 3 is 2.67 bits per heavy atom. The van der Waals surface area contributed by atoms with Gasteiger partial charge in [0, 0.05) is 18.5 Å². The molecular weight excluding hydrogens is 192 g/mol. The molecule has 0 radical (unpaired) electrons.